The summed E-state index contributed by atoms with van der Waals surface area (Å²) < 4.78 is 5.86. The third kappa shape index (κ3) is 2.56. The van der Waals surface area contributed by atoms with E-state index >= 15 is 0 Å². The first-order chi connectivity index (χ1) is 10.3. The van der Waals surface area contributed by atoms with Crippen LogP contribution in [0.3, 0.4) is 0 Å². The van der Waals surface area contributed by atoms with Crippen LogP contribution >= 0.6 is 0 Å². The summed E-state index contributed by atoms with van der Waals surface area (Å²) in [6.07, 6.45) is 3.74. The molecule has 21 heavy (non-hydrogen) atoms. The van der Waals surface area contributed by atoms with Gasteiger partial charge in [-0.05, 0) is 42.9 Å². The summed E-state index contributed by atoms with van der Waals surface area (Å²) in [7, 11) is 0. The lowest BCUT2D eigenvalue weighted by molar-refractivity contribution is 0.0582. The Hall–Kier alpha value is -1.80. The molecule has 0 radical (unpaired) electrons. The van der Waals surface area contributed by atoms with Gasteiger partial charge in [0.05, 0.1) is 6.61 Å². The molecule has 0 spiro atoms. The van der Waals surface area contributed by atoms with Gasteiger partial charge in [0.2, 0.25) is 0 Å². The van der Waals surface area contributed by atoms with Gasteiger partial charge in [-0.15, -0.1) is 0 Å². The first-order valence-electron chi connectivity index (χ1n) is 7.79. The Morgan fingerprint density at radius 3 is 2.57 bits per heavy atom. The van der Waals surface area contributed by atoms with E-state index in [1.54, 1.807) is 0 Å². The quantitative estimate of drug-likeness (QED) is 0.916. The number of benzene rings is 2. The van der Waals surface area contributed by atoms with Crippen LogP contribution in [0.5, 0.6) is 5.75 Å². The Labute approximate surface area is 126 Å². The summed E-state index contributed by atoms with van der Waals surface area (Å²) in [6, 6.07) is 16.1. The van der Waals surface area contributed by atoms with Crippen molar-refractivity contribution in [3.63, 3.8) is 0 Å². The number of aryl methyl sites for hydroxylation is 1. The lowest BCUT2D eigenvalue weighted by Gasteiger charge is -2.36. The van der Waals surface area contributed by atoms with Crippen molar-refractivity contribution in [2.24, 2.45) is 0 Å². The molecule has 3 rings (SSSR count). The third-order valence-electron chi connectivity index (χ3n) is 4.24. The van der Waals surface area contributed by atoms with Gasteiger partial charge in [-0.25, -0.2) is 0 Å². The summed E-state index contributed by atoms with van der Waals surface area (Å²) in [5.41, 5.74) is 2.24. The van der Waals surface area contributed by atoms with E-state index in [-0.39, 0.29) is 0 Å². The first-order valence-corrected chi connectivity index (χ1v) is 7.79. The van der Waals surface area contributed by atoms with E-state index in [9.17, 15) is 5.11 Å². The van der Waals surface area contributed by atoms with E-state index in [1.165, 1.54) is 5.56 Å². The topological polar surface area (TPSA) is 29.5 Å². The fourth-order valence-electron chi connectivity index (χ4n) is 3.24. The molecule has 2 aromatic carbocycles. The predicted octanol–water partition coefficient (Wildman–Crippen LogP) is 4.05. The van der Waals surface area contributed by atoms with Crippen LogP contribution in [0.1, 0.15) is 42.9 Å². The molecule has 0 amide bonds. The molecule has 0 saturated heterocycles. The molecule has 2 nitrogen and oxygen atoms in total. The smallest absolute Gasteiger partial charge is 0.125 e. The lowest BCUT2D eigenvalue weighted by atomic mass is 9.75. The van der Waals surface area contributed by atoms with Gasteiger partial charge in [0, 0.05) is 5.56 Å². The van der Waals surface area contributed by atoms with Gasteiger partial charge in [0.25, 0.3) is 0 Å². The molecule has 110 valence electrons. The summed E-state index contributed by atoms with van der Waals surface area (Å²) in [6.45, 7) is 2.77. The van der Waals surface area contributed by atoms with Crippen molar-refractivity contribution in [3.8, 4) is 5.75 Å². The number of para-hydroxylation sites is 1. The maximum atomic E-state index is 11.4. The van der Waals surface area contributed by atoms with Crippen molar-refractivity contribution in [3.05, 3.63) is 65.2 Å². The highest BCUT2D eigenvalue weighted by atomic mass is 16.5. The second-order valence-electron chi connectivity index (χ2n) is 5.72. The Morgan fingerprint density at radius 1 is 1.05 bits per heavy atom. The van der Waals surface area contributed by atoms with Gasteiger partial charge in [0.15, 0.2) is 0 Å². The van der Waals surface area contributed by atoms with Crippen LogP contribution in [0.4, 0.5) is 0 Å². The van der Waals surface area contributed by atoms with E-state index in [4.69, 9.17) is 4.74 Å². The molecule has 0 bridgehead atoms. The standard InChI is InChI=1S/C19H22O2/c1-2-14-21-18-12-6-5-11-17(18)19(20)13-7-9-15-8-3-4-10-16(15)19/h3-6,8,10-12,20H,2,7,9,13-14H2,1H3. The molecule has 1 atom stereocenters. The molecule has 0 fully saturated rings. The lowest BCUT2D eigenvalue weighted by Crippen LogP contribution is -2.32. The number of aliphatic hydroxyl groups is 1. The maximum Gasteiger partial charge on any atom is 0.125 e. The van der Waals surface area contributed by atoms with Gasteiger partial charge >= 0.3 is 0 Å². The van der Waals surface area contributed by atoms with E-state index in [1.807, 2.05) is 42.5 Å². The van der Waals surface area contributed by atoms with Crippen molar-refractivity contribution in [1.29, 1.82) is 0 Å². The fraction of sp³-hybridized carbons (Fsp3) is 0.368. The van der Waals surface area contributed by atoms with Gasteiger partial charge in [-0.3, -0.25) is 0 Å². The highest BCUT2D eigenvalue weighted by Gasteiger charge is 2.37. The van der Waals surface area contributed by atoms with Gasteiger partial charge < -0.3 is 9.84 Å². The summed E-state index contributed by atoms with van der Waals surface area (Å²) in [4.78, 5) is 0. The Balaban J connectivity index is 2.08. The minimum Gasteiger partial charge on any atom is -0.493 e. The molecule has 2 aromatic rings. The van der Waals surface area contributed by atoms with Crippen molar-refractivity contribution in [2.45, 2.75) is 38.2 Å². The Kier molecular flexibility index (Phi) is 3.98. The molecule has 1 N–H and O–H groups in total. The zero-order valence-corrected chi connectivity index (χ0v) is 12.5. The van der Waals surface area contributed by atoms with Crippen LogP contribution in [-0.2, 0) is 12.0 Å². The van der Waals surface area contributed by atoms with Crippen LogP contribution in [-0.4, -0.2) is 11.7 Å². The highest BCUT2D eigenvalue weighted by molar-refractivity contribution is 5.48. The largest absolute Gasteiger partial charge is 0.493 e. The van der Waals surface area contributed by atoms with E-state index in [2.05, 4.69) is 13.0 Å². The van der Waals surface area contributed by atoms with Crippen molar-refractivity contribution in [2.75, 3.05) is 6.61 Å². The summed E-state index contributed by atoms with van der Waals surface area (Å²) in [5, 5.41) is 11.4. The Bertz CT molecular complexity index is 620. The van der Waals surface area contributed by atoms with Crippen molar-refractivity contribution < 1.29 is 9.84 Å². The zero-order valence-electron chi connectivity index (χ0n) is 12.5. The normalized spacial score (nSPS) is 20.9. The molecule has 2 heteroatoms. The minimum absolute atomic E-state index is 0.675. The van der Waals surface area contributed by atoms with Crippen LogP contribution < -0.4 is 4.74 Å². The van der Waals surface area contributed by atoms with Gasteiger partial charge in [0.1, 0.15) is 11.4 Å². The molecule has 0 saturated carbocycles. The zero-order chi connectivity index (χ0) is 14.7. The van der Waals surface area contributed by atoms with Crippen molar-refractivity contribution in [1.82, 2.24) is 0 Å². The predicted molar refractivity (Wildman–Crippen MR) is 84.6 cm³/mol. The van der Waals surface area contributed by atoms with Crippen LogP contribution in [0, 0.1) is 0 Å². The molecule has 1 unspecified atom stereocenters. The van der Waals surface area contributed by atoms with Crippen LogP contribution in [0.25, 0.3) is 0 Å². The van der Waals surface area contributed by atoms with E-state index in [0.717, 1.165) is 42.6 Å². The average molecular weight is 282 g/mol. The number of hydrogen-bond acceptors (Lipinski definition) is 2. The number of hydrogen-bond donors (Lipinski definition) is 1. The molecule has 0 aromatic heterocycles. The molecule has 1 aliphatic carbocycles. The highest BCUT2D eigenvalue weighted by Crippen LogP contribution is 2.43. The average Bonchev–Trinajstić information content (AvgIpc) is 2.54. The number of ether oxygens (including phenoxy) is 1. The fourth-order valence-corrected chi connectivity index (χ4v) is 3.24. The minimum atomic E-state index is -0.931. The molecule has 0 aliphatic heterocycles. The monoisotopic (exact) mass is 282 g/mol. The number of rotatable bonds is 4. The van der Waals surface area contributed by atoms with Crippen LogP contribution in [0.15, 0.2) is 48.5 Å². The van der Waals surface area contributed by atoms with Gasteiger partial charge in [-0.2, -0.15) is 0 Å². The second-order valence-corrected chi connectivity index (χ2v) is 5.72. The molecular weight excluding hydrogens is 260 g/mol. The summed E-state index contributed by atoms with van der Waals surface area (Å²) in [5.74, 6) is 0.804. The number of fused-ring (bicyclic) bond motifs is 1. The molecule has 0 heterocycles. The van der Waals surface area contributed by atoms with Gasteiger partial charge in [-0.1, -0.05) is 49.4 Å². The van der Waals surface area contributed by atoms with E-state index < -0.39 is 5.60 Å². The van der Waals surface area contributed by atoms with E-state index in [0.29, 0.717) is 6.61 Å². The van der Waals surface area contributed by atoms with Crippen molar-refractivity contribution >= 4 is 0 Å². The van der Waals surface area contributed by atoms with Crippen LogP contribution in [0.2, 0.25) is 0 Å². The Morgan fingerprint density at radius 2 is 1.76 bits per heavy atom. The SMILES string of the molecule is CCCOc1ccccc1C1(O)CCCc2ccccc21. The molecule has 1 aliphatic rings. The molecular formula is C19H22O2. The summed E-state index contributed by atoms with van der Waals surface area (Å²) >= 11 is 0. The maximum absolute atomic E-state index is 11.4. The first kappa shape index (κ1) is 14.2. The second kappa shape index (κ2) is 5.90. The third-order valence-corrected chi connectivity index (χ3v) is 4.24.